The highest BCUT2D eigenvalue weighted by Crippen LogP contribution is 2.33. The third-order valence-electron chi connectivity index (χ3n) is 6.48. The fourth-order valence-electron chi connectivity index (χ4n) is 4.37. The van der Waals surface area contributed by atoms with Crippen molar-refractivity contribution in [1.82, 2.24) is 19.6 Å². The lowest BCUT2D eigenvalue weighted by Crippen LogP contribution is -2.42. The van der Waals surface area contributed by atoms with Gasteiger partial charge in [0, 0.05) is 46.3 Å². The third-order valence-corrected chi connectivity index (χ3v) is 10.0. The van der Waals surface area contributed by atoms with Gasteiger partial charge in [0.25, 0.3) is 0 Å². The molecule has 1 aromatic carbocycles. The van der Waals surface area contributed by atoms with E-state index in [0.29, 0.717) is 17.8 Å². The Kier molecular flexibility index (Phi) is 7.63. The second-order valence-corrected chi connectivity index (χ2v) is 18.2. The molecule has 37 heavy (non-hydrogen) atoms. The second kappa shape index (κ2) is 10.3. The molecule has 1 N–H and O–H groups in total. The van der Waals surface area contributed by atoms with Crippen LogP contribution < -0.4 is 9.62 Å². The molecule has 1 aliphatic rings. The smallest absolute Gasteiger partial charge is 0.359 e. The maximum Gasteiger partial charge on any atom is 0.435 e. The van der Waals surface area contributed by atoms with Gasteiger partial charge in [-0.25, -0.2) is 13.1 Å². The number of piperidine rings is 1. The molecule has 0 amide bonds. The zero-order valence-electron chi connectivity index (χ0n) is 21.4. The van der Waals surface area contributed by atoms with Crippen molar-refractivity contribution >= 4 is 40.5 Å². The highest BCUT2D eigenvalue weighted by Gasteiger charge is 2.37. The second-order valence-electron chi connectivity index (χ2n) is 10.6. The van der Waals surface area contributed by atoms with Gasteiger partial charge in [-0.15, -0.1) is 0 Å². The van der Waals surface area contributed by atoms with Gasteiger partial charge in [-0.2, -0.15) is 23.4 Å². The Balaban J connectivity index is 1.45. The number of nitrogens with one attached hydrogen (secondary N) is 1. The van der Waals surface area contributed by atoms with Crippen molar-refractivity contribution < 1.29 is 26.3 Å². The van der Waals surface area contributed by atoms with E-state index in [0.717, 1.165) is 17.5 Å². The first kappa shape index (κ1) is 27.5. The van der Waals surface area contributed by atoms with Crippen LogP contribution in [-0.2, 0) is 34.7 Å². The van der Waals surface area contributed by atoms with Crippen molar-refractivity contribution in [2.24, 2.45) is 7.05 Å². The molecule has 3 aromatic rings. The number of aromatic nitrogens is 4. The molecule has 0 radical (unpaired) electrons. The summed E-state index contributed by atoms with van der Waals surface area (Å²) in [6.45, 7) is 7.50. The summed E-state index contributed by atoms with van der Waals surface area (Å²) in [5.41, 5.74) is 0.140. The molecule has 0 aliphatic carbocycles. The fourth-order valence-corrected chi connectivity index (χ4v) is 6.60. The summed E-state index contributed by atoms with van der Waals surface area (Å²) in [4.78, 5) is 1.75. The maximum atomic E-state index is 13.4. The highest BCUT2D eigenvalue weighted by atomic mass is 32.2. The van der Waals surface area contributed by atoms with Crippen molar-refractivity contribution in [1.29, 1.82) is 0 Å². The molecule has 0 spiro atoms. The molecule has 9 nitrogen and oxygen atoms in total. The summed E-state index contributed by atoms with van der Waals surface area (Å²) < 4.78 is 77.8. The lowest BCUT2D eigenvalue weighted by Gasteiger charge is -2.33. The van der Waals surface area contributed by atoms with Crippen LogP contribution in [0.25, 0.3) is 10.9 Å². The molecule has 14 heteroatoms. The van der Waals surface area contributed by atoms with Gasteiger partial charge in [-0.3, -0.25) is 9.40 Å². The molecule has 204 valence electrons. The number of alkyl halides is 3. The first-order valence-corrected chi connectivity index (χ1v) is 17.4. The van der Waals surface area contributed by atoms with E-state index in [1.54, 1.807) is 35.0 Å². The summed E-state index contributed by atoms with van der Waals surface area (Å²) in [6.07, 6.45) is -2.39. The number of sulfonamides is 1. The topological polar surface area (TPSA) is 94.3 Å². The number of benzene rings is 1. The van der Waals surface area contributed by atoms with E-state index in [2.05, 4.69) is 34.6 Å². The molecular formula is C23H33F3N6O3SSi. The summed E-state index contributed by atoms with van der Waals surface area (Å²) in [5, 5.41) is 8.07. The Morgan fingerprint density at radius 2 is 1.89 bits per heavy atom. The minimum atomic E-state index is -4.59. The van der Waals surface area contributed by atoms with E-state index < -0.39 is 35.2 Å². The molecule has 2 aromatic heterocycles. The third kappa shape index (κ3) is 6.47. The van der Waals surface area contributed by atoms with Crippen LogP contribution >= 0.6 is 0 Å². The average Bonchev–Trinajstić information content (AvgIpc) is 3.41. The standard InChI is InChI=1S/C23H33F3N6O3SSi/c1-30-22-17(15-27-30)6-5-7-19(22)29-36(33,34)18-8-10-31(11-9-18)21-14-20(23(24,25)26)28-32(21)16-35-12-13-37(2,3)4/h5-7,14-15,18,29H,8-13,16H2,1-4H3. The van der Waals surface area contributed by atoms with Crippen molar-refractivity contribution in [3.8, 4) is 0 Å². The van der Waals surface area contributed by atoms with E-state index >= 15 is 0 Å². The van der Waals surface area contributed by atoms with Gasteiger partial charge in [0.2, 0.25) is 10.0 Å². The monoisotopic (exact) mass is 558 g/mol. The number of ether oxygens (including phenoxy) is 1. The minimum absolute atomic E-state index is 0.0929. The molecule has 1 aliphatic heterocycles. The van der Waals surface area contributed by atoms with Gasteiger partial charge in [0.05, 0.1) is 22.7 Å². The summed E-state index contributed by atoms with van der Waals surface area (Å²) >= 11 is 0. The normalized spacial score (nSPS) is 16.0. The number of rotatable bonds is 9. The lowest BCUT2D eigenvalue weighted by atomic mass is 10.1. The molecule has 3 heterocycles. The van der Waals surface area contributed by atoms with Gasteiger partial charge >= 0.3 is 6.18 Å². The van der Waals surface area contributed by atoms with Crippen molar-refractivity contribution in [3.63, 3.8) is 0 Å². The number of para-hydroxylation sites is 1. The molecule has 0 saturated carbocycles. The summed E-state index contributed by atoms with van der Waals surface area (Å²) in [7, 11) is -3.33. The fraction of sp³-hybridized carbons (Fsp3) is 0.565. The van der Waals surface area contributed by atoms with Crippen LogP contribution in [0.1, 0.15) is 18.5 Å². The van der Waals surface area contributed by atoms with Crippen LogP contribution in [0.15, 0.2) is 30.5 Å². The number of fused-ring (bicyclic) bond motifs is 1. The van der Waals surface area contributed by atoms with Crippen molar-refractivity contribution in [2.75, 3.05) is 29.3 Å². The predicted octanol–water partition coefficient (Wildman–Crippen LogP) is 4.51. The number of anilines is 2. The minimum Gasteiger partial charge on any atom is -0.359 e. The first-order valence-electron chi connectivity index (χ1n) is 12.1. The van der Waals surface area contributed by atoms with Gasteiger partial charge < -0.3 is 9.64 Å². The average molecular weight is 559 g/mol. The van der Waals surface area contributed by atoms with Gasteiger partial charge in [0.15, 0.2) is 5.69 Å². The number of nitrogens with zero attached hydrogens (tertiary/aromatic N) is 5. The number of halogens is 3. The van der Waals surface area contributed by atoms with Crippen LogP contribution in [0.2, 0.25) is 25.7 Å². The quantitative estimate of drug-likeness (QED) is 0.307. The van der Waals surface area contributed by atoms with Gasteiger partial charge in [0.1, 0.15) is 12.5 Å². The van der Waals surface area contributed by atoms with Crippen LogP contribution in [0.3, 0.4) is 0 Å². The van der Waals surface area contributed by atoms with Crippen molar-refractivity contribution in [2.45, 2.75) is 56.7 Å². The van der Waals surface area contributed by atoms with Crippen LogP contribution in [-0.4, -0.2) is 61.0 Å². The van der Waals surface area contributed by atoms with E-state index in [4.69, 9.17) is 4.74 Å². The lowest BCUT2D eigenvalue weighted by molar-refractivity contribution is -0.141. The molecular weight excluding hydrogens is 525 g/mol. The SMILES string of the molecule is Cn1ncc2cccc(NS(=O)(=O)C3CCN(c4cc(C(F)(F)F)nn4COCC[Si](C)(C)C)CC3)c21. The number of hydrogen-bond donors (Lipinski definition) is 1. The zero-order valence-corrected chi connectivity index (χ0v) is 23.2. The Morgan fingerprint density at radius 1 is 1.19 bits per heavy atom. The molecule has 1 fully saturated rings. The van der Waals surface area contributed by atoms with E-state index in [9.17, 15) is 21.6 Å². The van der Waals surface area contributed by atoms with Crippen molar-refractivity contribution in [3.05, 3.63) is 36.2 Å². The zero-order chi connectivity index (χ0) is 27.0. The Hall–Kier alpha value is -2.58. The molecule has 0 unspecified atom stereocenters. The first-order chi connectivity index (χ1) is 17.2. The summed E-state index contributed by atoms with van der Waals surface area (Å²) in [5.74, 6) is 0.281. The van der Waals surface area contributed by atoms with E-state index in [1.807, 2.05) is 6.07 Å². The number of hydrogen-bond acceptors (Lipinski definition) is 6. The Morgan fingerprint density at radius 3 is 2.54 bits per heavy atom. The largest absolute Gasteiger partial charge is 0.435 e. The summed E-state index contributed by atoms with van der Waals surface area (Å²) in [6, 6.07) is 7.20. The highest BCUT2D eigenvalue weighted by molar-refractivity contribution is 7.93. The van der Waals surface area contributed by atoms with Crippen LogP contribution in [0.4, 0.5) is 24.7 Å². The molecule has 0 bridgehead atoms. The maximum absolute atomic E-state index is 13.4. The van der Waals surface area contributed by atoms with E-state index in [1.165, 1.54) is 4.68 Å². The molecule has 0 atom stereocenters. The Bertz CT molecular complexity index is 1340. The Labute approximate surface area is 215 Å². The van der Waals surface area contributed by atoms with Gasteiger partial charge in [-0.05, 0) is 25.0 Å². The number of aryl methyl sites for hydroxylation is 1. The van der Waals surface area contributed by atoms with Gasteiger partial charge in [-0.1, -0.05) is 31.8 Å². The molecule has 4 rings (SSSR count). The van der Waals surface area contributed by atoms with Crippen LogP contribution in [0, 0.1) is 0 Å². The molecule has 1 saturated heterocycles. The predicted molar refractivity (Wildman–Crippen MR) is 140 cm³/mol. The van der Waals surface area contributed by atoms with E-state index in [-0.39, 0.29) is 38.5 Å². The van der Waals surface area contributed by atoms with Crippen LogP contribution in [0.5, 0.6) is 0 Å².